The minimum Gasteiger partial charge on any atom is -0.354 e. The normalized spacial score (nSPS) is 15.2. The second kappa shape index (κ2) is 8.73. The van der Waals surface area contributed by atoms with Crippen molar-refractivity contribution in [1.82, 2.24) is 29.1 Å². The van der Waals surface area contributed by atoms with Gasteiger partial charge in [0.2, 0.25) is 5.91 Å². The van der Waals surface area contributed by atoms with Crippen LogP contribution in [0.4, 0.5) is 5.82 Å². The summed E-state index contributed by atoms with van der Waals surface area (Å²) in [5.41, 5.74) is 0. The quantitative estimate of drug-likeness (QED) is 0.586. The van der Waals surface area contributed by atoms with Crippen LogP contribution in [-0.2, 0) is 21.4 Å². The molecule has 0 unspecified atom stereocenters. The maximum atomic E-state index is 13.0. The number of amides is 1. The van der Waals surface area contributed by atoms with E-state index in [-0.39, 0.29) is 5.91 Å². The van der Waals surface area contributed by atoms with Crippen molar-refractivity contribution in [1.29, 1.82) is 0 Å². The van der Waals surface area contributed by atoms with Crippen LogP contribution in [0.25, 0.3) is 5.82 Å². The molecule has 0 spiro atoms. The van der Waals surface area contributed by atoms with Gasteiger partial charge in [0.1, 0.15) is 28.0 Å². The number of anilines is 1. The summed E-state index contributed by atoms with van der Waals surface area (Å²) in [5.74, 6) is 1.98. The van der Waals surface area contributed by atoms with E-state index in [0.717, 1.165) is 16.5 Å². The Balaban J connectivity index is 1.44. The van der Waals surface area contributed by atoms with Gasteiger partial charge in [0.05, 0.1) is 6.54 Å². The molecule has 1 saturated heterocycles. The van der Waals surface area contributed by atoms with Crippen molar-refractivity contribution in [2.75, 3.05) is 31.1 Å². The lowest BCUT2D eigenvalue weighted by Gasteiger charge is -2.34. The summed E-state index contributed by atoms with van der Waals surface area (Å²) in [5, 5.41) is 2.69. The molecule has 12 heteroatoms. The smallest absolute Gasteiger partial charge is 0.252 e. The number of carbonyl (C=O) groups is 1. The standard InChI is InChI=1S/C19H23N7O3S2/c1-14-22-17(11-18(23-14)25-6-5-20-13-25)24-7-9-26(10-8-24)31(28,29)19-4-3-16(30-19)12-21-15(2)27/h3-6,11,13H,7-10,12H2,1-2H3,(H,21,27). The van der Waals surface area contributed by atoms with Gasteiger partial charge in [-0.1, -0.05) is 0 Å². The molecule has 1 amide bonds. The molecule has 0 aliphatic carbocycles. The first-order valence-corrected chi connectivity index (χ1v) is 12.0. The molecule has 0 atom stereocenters. The number of carbonyl (C=O) groups excluding carboxylic acids is 1. The van der Waals surface area contributed by atoms with Gasteiger partial charge in [-0.3, -0.25) is 9.36 Å². The van der Waals surface area contributed by atoms with Crippen molar-refractivity contribution < 1.29 is 13.2 Å². The second-order valence-corrected chi connectivity index (χ2v) is 10.5. The zero-order valence-corrected chi connectivity index (χ0v) is 18.9. The third-order valence-electron chi connectivity index (χ3n) is 4.89. The van der Waals surface area contributed by atoms with Crippen LogP contribution in [0.3, 0.4) is 0 Å². The van der Waals surface area contributed by atoms with Gasteiger partial charge < -0.3 is 10.2 Å². The van der Waals surface area contributed by atoms with Crippen LogP contribution in [0.5, 0.6) is 0 Å². The van der Waals surface area contributed by atoms with Crippen molar-refractivity contribution >= 4 is 33.1 Å². The maximum Gasteiger partial charge on any atom is 0.252 e. The molecule has 4 rings (SSSR count). The number of aryl methyl sites for hydroxylation is 1. The Kier molecular flexibility index (Phi) is 6.03. The van der Waals surface area contributed by atoms with Crippen LogP contribution in [0.15, 0.2) is 41.1 Å². The molecule has 1 N–H and O–H groups in total. The average Bonchev–Trinajstić information content (AvgIpc) is 3.44. The van der Waals surface area contributed by atoms with Crippen LogP contribution < -0.4 is 10.2 Å². The number of rotatable bonds is 6. The molecule has 1 aliphatic heterocycles. The molecule has 0 saturated carbocycles. The van der Waals surface area contributed by atoms with Gasteiger partial charge in [-0.15, -0.1) is 11.3 Å². The molecule has 0 radical (unpaired) electrons. The van der Waals surface area contributed by atoms with Gasteiger partial charge >= 0.3 is 0 Å². The first kappa shape index (κ1) is 21.4. The molecule has 0 bridgehead atoms. The highest BCUT2D eigenvalue weighted by atomic mass is 32.2. The van der Waals surface area contributed by atoms with Crippen LogP contribution in [0.1, 0.15) is 17.6 Å². The van der Waals surface area contributed by atoms with Crippen molar-refractivity contribution in [2.45, 2.75) is 24.6 Å². The highest BCUT2D eigenvalue weighted by molar-refractivity contribution is 7.91. The van der Waals surface area contributed by atoms with E-state index in [9.17, 15) is 13.2 Å². The number of piperazine rings is 1. The van der Waals surface area contributed by atoms with Gasteiger partial charge in [0.15, 0.2) is 0 Å². The summed E-state index contributed by atoms with van der Waals surface area (Å²) in [4.78, 5) is 27.0. The summed E-state index contributed by atoms with van der Waals surface area (Å²) in [6.45, 7) is 5.39. The van der Waals surface area contributed by atoms with E-state index in [2.05, 4.69) is 25.2 Å². The summed E-state index contributed by atoms with van der Waals surface area (Å²) in [7, 11) is -3.57. The zero-order chi connectivity index (χ0) is 22.0. The van der Waals surface area contributed by atoms with Crippen molar-refractivity contribution in [3.05, 3.63) is 47.6 Å². The fourth-order valence-corrected chi connectivity index (χ4v) is 6.19. The van der Waals surface area contributed by atoms with Gasteiger partial charge in [0.25, 0.3) is 10.0 Å². The molecular formula is C19H23N7O3S2. The molecule has 10 nitrogen and oxygen atoms in total. The molecule has 1 aliphatic rings. The van der Waals surface area contributed by atoms with Crippen molar-refractivity contribution in [3.63, 3.8) is 0 Å². The van der Waals surface area contributed by atoms with E-state index < -0.39 is 10.0 Å². The Hall–Kier alpha value is -2.83. The first-order chi connectivity index (χ1) is 14.8. The Morgan fingerprint density at radius 2 is 1.90 bits per heavy atom. The van der Waals surface area contributed by atoms with E-state index in [4.69, 9.17) is 0 Å². The molecule has 4 heterocycles. The number of nitrogens with one attached hydrogen (secondary N) is 1. The average molecular weight is 462 g/mol. The monoisotopic (exact) mass is 461 g/mol. The predicted molar refractivity (Wildman–Crippen MR) is 117 cm³/mol. The SMILES string of the molecule is CC(=O)NCc1ccc(S(=O)(=O)N2CCN(c3cc(-n4ccnc4)nc(C)n3)CC2)s1. The minimum atomic E-state index is -3.57. The molecule has 0 aromatic carbocycles. The van der Waals surface area contributed by atoms with Crippen LogP contribution >= 0.6 is 11.3 Å². The third kappa shape index (κ3) is 4.75. The van der Waals surface area contributed by atoms with E-state index in [0.29, 0.717) is 42.8 Å². The Morgan fingerprint density at radius 3 is 2.58 bits per heavy atom. The number of hydrogen-bond acceptors (Lipinski definition) is 8. The number of hydrogen-bond donors (Lipinski definition) is 1. The van der Waals surface area contributed by atoms with Crippen LogP contribution in [0.2, 0.25) is 0 Å². The maximum absolute atomic E-state index is 13.0. The Labute approximate surface area is 184 Å². The lowest BCUT2D eigenvalue weighted by molar-refractivity contribution is -0.119. The van der Waals surface area contributed by atoms with E-state index in [1.165, 1.54) is 22.6 Å². The molecule has 164 valence electrons. The topological polar surface area (TPSA) is 113 Å². The molecule has 3 aromatic heterocycles. The Bertz CT molecular complexity index is 1170. The Morgan fingerprint density at radius 1 is 1.16 bits per heavy atom. The molecule has 31 heavy (non-hydrogen) atoms. The van der Waals surface area contributed by atoms with Gasteiger partial charge in [0, 0.05) is 56.4 Å². The lowest BCUT2D eigenvalue weighted by Crippen LogP contribution is -2.48. The number of aromatic nitrogens is 4. The lowest BCUT2D eigenvalue weighted by atomic mass is 10.3. The first-order valence-electron chi connectivity index (χ1n) is 9.75. The van der Waals surface area contributed by atoms with Crippen LogP contribution in [-0.4, -0.2) is 64.3 Å². The summed E-state index contributed by atoms with van der Waals surface area (Å²) < 4.78 is 29.7. The second-order valence-electron chi connectivity index (χ2n) is 7.12. The summed E-state index contributed by atoms with van der Waals surface area (Å²) >= 11 is 1.19. The summed E-state index contributed by atoms with van der Waals surface area (Å²) in [6.07, 6.45) is 5.18. The highest BCUT2D eigenvalue weighted by Gasteiger charge is 2.30. The fraction of sp³-hybridized carbons (Fsp3) is 0.368. The van der Waals surface area contributed by atoms with Gasteiger partial charge in [-0.25, -0.2) is 23.4 Å². The number of imidazole rings is 1. The minimum absolute atomic E-state index is 0.148. The highest BCUT2D eigenvalue weighted by Crippen LogP contribution is 2.26. The third-order valence-corrected chi connectivity index (χ3v) is 8.34. The zero-order valence-electron chi connectivity index (χ0n) is 17.2. The van der Waals surface area contributed by atoms with E-state index >= 15 is 0 Å². The molecular weight excluding hydrogens is 438 g/mol. The van der Waals surface area contributed by atoms with Crippen LogP contribution in [0, 0.1) is 6.92 Å². The molecule has 1 fully saturated rings. The van der Waals surface area contributed by atoms with Gasteiger partial charge in [-0.05, 0) is 19.1 Å². The number of nitrogens with zero attached hydrogens (tertiary/aromatic N) is 6. The van der Waals surface area contributed by atoms with Crippen molar-refractivity contribution in [2.24, 2.45) is 0 Å². The summed E-state index contributed by atoms with van der Waals surface area (Å²) in [6, 6.07) is 5.23. The molecule has 3 aromatic rings. The van der Waals surface area contributed by atoms with Crippen molar-refractivity contribution in [3.8, 4) is 5.82 Å². The predicted octanol–water partition coefficient (Wildman–Crippen LogP) is 1.18. The van der Waals surface area contributed by atoms with E-state index in [1.54, 1.807) is 24.7 Å². The number of thiophene rings is 1. The number of sulfonamides is 1. The fourth-order valence-electron chi connectivity index (χ4n) is 3.31. The largest absolute Gasteiger partial charge is 0.354 e. The van der Waals surface area contributed by atoms with E-state index in [1.807, 2.05) is 23.8 Å². The van der Waals surface area contributed by atoms with Gasteiger partial charge in [-0.2, -0.15) is 4.31 Å².